The minimum atomic E-state index is -0.212. The van der Waals surface area contributed by atoms with E-state index in [9.17, 15) is 4.79 Å². The number of furan rings is 1. The van der Waals surface area contributed by atoms with E-state index in [1.165, 1.54) is 6.26 Å². The van der Waals surface area contributed by atoms with Gasteiger partial charge in [-0.05, 0) is 38.3 Å². The summed E-state index contributed by atoms with van der Waals surface area (Å²) in [5, 5.41) is 3.12. The van der Waals surface area contributed by atoms with Crippen LogP contribution in [0.1, 0.15) is 44.2 Å². The molecule has 134 valence electrons. The first kappa shape index (κ1) is 22.2. The van der Waals surface area contributed by atoms with Crippen LogP contribution in [0.25, 0.3) is 0 Å². The molecular weight excluding hydrogens is 337 g/mol. The Labute approximate surface area is 151 Å². The molecule has 5 nitrogen and oxygen atoms in total. The summed E-state index contributed by atoms with van der Waals surface area (Å²) in [4.78, 5) is 14.5. The molecule has 2 heterocycles. The summed E-state index contributed by atoms with van der Waals surface area (Å²) in [6.07, 6.45) is 3.76. The van der Waals surface area contributed by atoms with Gasteiger partial charge in [-0.15, -0.1) is 24.8 Å². The van der Waals surface area contributed by atoms with E-state index in [-0.39, 0.29) is 42.3 Å². The highest BCUT2D eigenvalue weighted by Crippen LogP contribution is 2.23. The van der Waals surface area contributed by atoms with Gasteiger partial charge in [0.2, 0.25) is 0 Å². The summed E-state index contributed by atoms with van der Waals surface area (Å²) in [6.45, 7) is 8.96. The molecule has 0 unspecified atom stereocenters. The normalized spacial score (nSPS) is 21.4. The number of hydrogen-bond acceptors (Lipinski definition) is 4. The second kappa shape index (κ2) is 9.52. The van der Waals surface area contributed by atoms with Gasteiger partial charge in [-0.2, -0.15) is 0 Å². The SMILES string of the molecule is CCC[C@H]1CN(CC(C)(C)N)C[C@@H]1NC(=O)c1ccco1.Cl.Cl. The number of nitrogens with zero attached hydrogens (tertiary/aromatic N) is 1. The van der Waals surface area contributed by atoms with Crippen LogP contribution in [0.2, 0.25) is 0 Å². The van der Waals surface area contributed by atoms with Gasteiger partial charge in [-0.3, -0.25) is 9.69 Å². The van der Waals surface area contributed by atoms with E-state index in [1.807, 2.05) is 13.8 Å². The minimum absolute atomic E-state index is 0. The van der Waals surface area contributed by atoms with Crippen molar-refractivity contribution in [3.05, 3.63) is 24.2 Å². The predicted molar refractivity (Wildman–Crippen MR) is 97.6 cm³/mol. The number of carbonyl (C=O) groups excluding carboxylic acids is 1. The molecule has 1 aliphatic heterocycles. The van der Waals surface area contributed by atoms with E-state index < -0.39 is 0 Å². The lowest BCUT2D eigenvalue weighted by molar-refractivity contribution is 0.0901. The first-order valence-corrected chi connectivity index (χ1v) is 7.74. The summed E-state index contributed by atoms with van der Waals surface area (Å²) in [5.74, 6) is 0.735. The Bertz CT molecular complexity index is 460. The van der Waals surface area contributed by atoms with Gasteiger partial charge >= 0.3 is 0 Å². The summed E-state index contributed by atoms with van der Waals surface area (Å²) in [6, 6.07) is 3.60. The van der Waals surface area contributed by atoms with E-state index >= 15 is 0 Å². The van der Waals surface area contributed by atoms with Crippen LogP contribution in [-0.4, -0.2) is 42.0 Å². The topological polar surface area (TPSA) is 71.5 Å². The number of likely N-dealkylation sites (tertiary alicyclic amines) is 1. The van der Waals surface area contributed by atoms with Crippen LogP contribution >= 0.6 is 24.8 Å². The molecule has 1 saturated heterocycles. The molecule has 0 aliphatic carbocycles. The molecule has 1 aromatic rings. The summed E-state index contributed by atoms with van der Waals surface area (Å²) >= 11 is 0. The Hall–Kier alpha value is -0.750. The van der Waals surface area contributed by atoms with Crippen LogP contribution in [0.5, 0.6) is 0 Å². The molecule has 2 rings (SSSR count). The van der Waals surface area contributed by atoms with Crippen molar-refractivity contribution in [3.8, 4) is 0 Å². The molecule has 3 N–H and O–H groups in total. The zero-order valence-electron chi connectivity index (χ0n) is 14.1. The lowest BCUT2D eigenvalue weighted by atomic mass is 9.98. The van der Waals surface area contributed by atoms with Crippen molar-refractivity contribution in [2.75, 3.05) is 19.6 Å². The van der Waals surface area contributed by atoms with E-state index in [4.69, 9.17) is 10.2 Å². The minimum Gasteiger partial charge on any atom is -0.459 e. The van der Waals surface area contributed by atoms with Crippen molar-refractivity contribution >= 4 is 30.7 Å². The molecule has 0 spiro atoms. The molecule has 2 atom stereocenters. The Morgan fingerprint density at radius 2 is 2.13 bits per heavy atom. The number of hydrogen-bond donors (Lipinski definition) is 2. The van der Waals surface area contributed by atoms with E-state index in [1.54, 1.807) is 12.1 Å². The molecule has 0 aromatic carbocycles. The van der Waals surface area contributed by atoms with E-state index in [2.05, 4.69) is 17.1 Å². The summed E-state index contributed by atoms with van der Waals surface area (Å²) < 4.78 is 5.16. The average Bonchev–Trinajstić information content (AvgIpc) is 2.98. The lowest BCUT2D eigenvalue weighted by Crippen LogP contribution is -2.46. The molecule has 0 bridgehead atoms. The van der Waals surface area contributed by atoms with Gasteiger partial charge < -0.3 is 15.5 Å². The molecule has 0 saturated carbocycles. The van der Waals surface area contributed by atoms with Gasteiger partial charge in [0.15, 0.2) is 5.76 Å². The van der Waals surface area contributed by atoms with Crippen molar-refractivity contribution in [2.45, 2.75) is 45.2 Å². The zero-order chi connectivity index (χ0) is 15.5. The highest BCUT2D eigenvalue weighted by molar-refractivity contribution is 5.91. The second-order valence-corrected chi connectivity index (χ2v) is 6.79. The largest absolute Gasteiger partial charge is 0.459 e. The van der Waals surface area contributed by atoms with Gasteiger partial charge in [0.1, 0.15) is 0 Å². The number of carbonyl (C=O) groups is 1. The Balaban J connectivity index is 0.00000242. The third kappa shape index (κ3) is 6.71. The van der Waals surface area contributed by atoms with Crippen LogP contribution < -0.4 is 11.1 Å². The van der Waals surface area contributed by atoms with Crippen LogP contribution in [0.3, 0.4) is 0 Å². The fourth-order valence-corrected chi connectivity index (χ4v) is 3.14. The predicted octanol–water partition coefficient (Wildman–Crippen LogP) is 2.69. The third-order valence-corrected chi connectivity index (χ3v) is 3.87. The molecular formula is C16H29Cl2N3O2. The maximum absolute atomic E-state index is 12.2. The average molecular weight is 366 g/mol. The fourth-order valence-electron chi connectivity index (χ4n) is 3.14. The van der Waals surface area contributed by atoms with Gasteiger partial charge in [-0.25, -0.2) is 0 Å². The monoisotopic (exact) mass is 365 g/mol. The second-order valence-electron chi connectivity index (χ2n) is 6.79. The molecule has 1 aliphatic rings. The number of nitrogens with two attached hydrogens (primary N) is 1. The maximum Gasteiger partial charge on any atom is 0.287 e. The van der Waals surface area contributed by atoms with Crippen LogP contribution in [0, 0.1) is 5.92 Å². The molecule has 23 heavy (non-hydrogen) atoms. The molecule has 0 radical (unpaired) electrons. The van der Waals surface area contributed by atoms with E-state index in [0.29, 0.717) is 11.7 Å². The maximum atomic E-state index is 12.2. The van der Waals surface area contributed by atoms with Crippen LogP contribution in [0.15, 0.2) is 22.8 Å². The first-order valence-electron chi connectivity index (χ1n) is 7.74. The summed E-state index contributed by atoms with van der Waals surface area (Å²) in [5.41, 5.74) is 5.90. The molecule has 1 fully saturated rings. The van der Waals surface area contributed by atoms with Crippen molar-refractivity contribution in [1.82, 2.24) is 10.2 Å². The highest BCUT2D eigenvalue weighted by Gasteiger charge is 2.35. The molecule has 1 aromatic heterocycles. The van der Waals surface area contributed by atoms with Crippen molar-refractivity contribution in [1.29, 1.82) is 0 Å². The third-order valence-electron chi connectivity index (χ3n) is 3.87. The first-order chi connectivity index (χ1) is 9.89. The Kier molecular flexibility index (Phi) is 9.21. The molecule has 7 heteroatoms. The van der Waals surface area contributed by atoms with Crippen molar-refractivity contribution in [2.24, 2.45) is 11.7 Å². The lowest BCUT2D eigenvalue weighted by Gasteiger charge is -2.26. The van der Waals surface area contributed by atoms with Crippen LogP contribution in [0.4, 0.5) is 0 Å². The van der Waals surface area contributed by atoms with Crippen molar-refractivity contribution < 1.29 is 9.21 Å². The smallest absolute Gasteiger partial charge is 0.287 e. The highest BCUT2D eigenvalue weighted by atomic mass is 35.5. The summed E-state index contributed by atoms with van der Waals surface area (Å²) in [7, 11) is 0. The Morgan fingerprint density at radius 1 is 1.43 bits per heavy atom. The van der Waals surface area contributed by atoms with Crippen molar-refractivity contribution in [3.63, 3.8) is 0 Å². The van der Waals surface area contributed by atoms with Gasteiger partial charge in [0.05, 0.1) is 6.26 Å². The van der Waals surface area contributed by atoms with Gasteiger partial charge in [-0.1, -0.05) is 13.3 Å². The van der Waals surface area contributed by atoms with Gasteiger partial charge in [0.25, 0.3) is 5.91 Å². The van der Waals surface area contributed by atoms with E-state index in [0.717, 1.165) is 32.5 Å². The van der Waals surface area contributed by atoms with Gasteiger partial charge in [0, 0.05) is 31.2 Å². The number of rotatable bonds is 6. The quantitative estimate of drug-likeness (QED) is 0.812. The number of amides is 1. The van der Waals surface area contributed by atoms with Crippen LogP contribution in [-0.2, 0) is 0 Å². The fraction of sp³-hybridized carbons (Fsp3) is 0.688. The standard InChI is InChI=1S/C16H27N3O2.2ClH/c1-4-6-12-9-19(11-16(2,3)17)10-13(12)18-15(20)14-7-5-8-21-14;;/h5,7-8,12-13H,4,6,9-11,17H2,1-3H3,(H,18,20);2*1H/t12-,13-;;/m0../s1. The number of halogens is 2. The zero-order valence-corrected chi connectivity index (χ0v) is 15.7. The Morgan fingerprint density at radius 3 is 2.65 bits per heavy atom. The number of nitrogens with one attached hydrogen (secondary N) is 1. The molecule has 1 amide bonds.